The fraction of sp³-hybridized carbons (Fsp3) is 0.176. The molecular formula is C17H13N3. The van der Waals surface area contributed by atoms with Crippen LogP contribution in [0.25, 0.3) is 11.0 Å². The lowest BCUT2D eigenvalue weighted by Gasteiger charge is -2.29. The summed E-state index contributed by atoms with van der Waals surface area (Å²) in [6, 6.07) is 16.4. The van der Waals surface area contributed by atoms with Gasteiger partial charge in [-0.05, 0) is 35.7 Å². The van der Waals surface area contributed by atoms with Crippen molar-refractivity contribution >= 4 is 11.0 Å². The Morgan fingerprint density at radius 1 is 1.25 bits per heavy atom. The first-order valence-electron chi connectivity index (χ1n) is 6.72. The van der Waals surface area contributed by atoms with Crippen LogP contribution in [0.15, 0.2) is 42.5 Å². The number of fused-ring (bicyclic) bond motifs is 2. The van der Waals surface area contributed by atoms with Gasteiger partial charge in [0.15, 0.2) is 0 Å². The summed E-state index contributed by atoms with van der Waals surface area (Å²) in [5.74, 6) is 1.47. The highest BCUT2D eigenvalue weighted by atomic mass is 15.1. The number of imidazole rings is 1. The van der Waals surface area contributed by atoms with Gasteiger partial charge in [0.1, 0.15) is 5.82 Å². The van der Waals surface area contributed by atoms with E-state index in [1.165, 1.54) is 11.1 Å². The zero-order valence-electron chi connectivity index (χ0n) is 11.2. The van der Waals surface area contributed by atoms with E-state index in [0.29, 0.717) is 11.5 Å². The Bertz CT molecular complexity index is 868. The largest absolute Gasteiger partial charge is 0.331 e. The summed E-state index contributed by atoms with van der Waals surface area (Å²) in [5.41, 5.74) is 5.48. The number of hydrogen-bond donors (Lipinski definition) is 0. The maximum atomic E-state index is 9.01. The van der Waals surface area contributed by atoms with Crippen molar-refractivity contribution < 1.29 is 0 Å². The van der Waals surface area contributed by atoms with Gasteiger partial charge in [-0.15, -0.1) is 0 Å². The van der Waals surface area contributed by atoms with Gasteiger partial charge in [0, 0.05) is 13.0 Å². The molecule has 0 bridgehead atoms. The lowest BCUT2D eigenvalue weighted by atomic mass is 9.77. The van der Waals surface area contributed by atoms with Gasteiger partial charge >= 0.3 is 0 Å². The number of aromatic nitrogens is 2. The smallest absolute Gasteiger partial charge is 0.117 e. The average Bonchev–Trinajstić information content (AvgIpc) is 2.77. The van der Waals surface area contributed by atoms with Crippen molar-refractivity contribution in [3.63, 3.8) is 0 Å². The van der Waals surface area contributed by atoms with Gasteiger partial charge in [-0.3, -0.25) is 0 Å². The van der Waals surface area contributed by atoms with E-state index in [1.807, 2.05) is 25.2 Å². The predicted octanol–water partition coefficient (Wildman–Crippen LogP) is 3.13. The number of nitriles is 1. The van der Waals surface area contributed by atoms with E-state index in [-0.39, 0.29) is 0 Å². The SMILES string of the molecule is Cn1c(C2Cc3ccccc32)nc2ccc(C#N)cc21. The van der Waals surface area contributed by atoms with Crippen LogP contribution < -0.4 is 0 Å². The normalized spacial score (nSPS) is 16.5. The lowest BCUT2D eigenvalue weighted by Crippen LogP contribution is -2.21. The predicted molar refractivity (Wildman–Crippen MR) is 77.4 cm³/mol. The fourth-order valence-corrected chi connectivity index (χ4v) is 3.08. The van der Waals surface area contributed by atoms with Crippen LogP contribution in [0.2, 0.25) is 0 Å². The zero-order valence-corrected chi connectivity index (χ0v) is 11.2. The maximum absolute atomic E-state index is 9.01. The lowest BCUT2D eigenvalue weighted by molar-refractivity contribution is 0.634. The van der Waals surface area contributed by atoms with E-state index >= 15 is 0 Å². The molecule has 1 atom stereocenters. The van der Waals surface area contributed by atoms with E-state index in [4.69, 9.17) is 10.2 Å². The summed E-state index contributed by atoms with van der Waals surface area (Å²) in [5, 5.41) is 9.01. The van der Waals surface area contributed by atoms with Crippen molar-refractivity contribution in [3.05, 3.63) is 65.0 Å². The van der Waals surface area contributed by atoms with Crippen LogP contribution in [0.4, 0.5) is 0 Å². The Labute approximate surface area is 117 Å². The first-order chi connectivity index (χ1) is 9.78. The van der Waals surface area contributed by atoms with Crippen molar-refractivity contribution in [2.24, 2.45) is 7.05 Å². The van der Waals surface area contributed by atoms with Crippen LogP contribution in [0, 0.1) is 11.3 Å². The second-order valence-electron chi connectivity index (χ2n) is 5.30. The molecule has 0 radical (unpaired) electrons. The molecule has 1 aliphatic carbocycles. The molecule has 0 aliphatic heterocycles. The van der Waals surface area contributed by atoms with E-state index in [9.17, 15) is 0 Å². The molecule has 0 saturated carbocycles. The third-order valence-corrected chi connectivity index (χ3v) is 4.21. The molecular weight excluding hydrogens is 246 g/mol. The highest BCUT2D eigenvalue weighted by Crippen LogP contribution is 2.40. The van der Waals surface area contributed by atoms with Crippen molar-refractivity contribution in [2.45, 2.75) is 12.3 Å². The standard InChI is InChI=1S/C17H13N3/c1-20-16-8-11(10-18)6-7-15(16)19-17(20)14-9-12-4-2-3-5-13(12)14/h2-8,14H,9H2,1H3. The van der Waals surface area contributed by atoms with Gasteiger partial charge in [0.25, 0.3) is 0 Å². The van der Waals surface area contributed by atoms with Crippen LogP contribution >= 0.6 is 0 Å². The summed E-state index contributed by atoms with van der Waals surface area (Å²) >= 11 is 0. The number of rotatable bonds is 1. The van der Waals surface area contributed by atoms with Crippen LogP contribution in [-0.4, -0.2) is 9.55 Å². The number of aryl methyl sites for hydroxylation is 1. The van der Waals surface area contributed by atoms with E-state index < -0.39 is 0 Å². The fourth-order valence-electron chi connectivity index (χ4n) is 3.08. The Kier molecular flexibility index (Phi) is 2.22. The maximum Gasteiger partial charge on any atom is 0.117 e. The first kappa shape index (κ1) is 11.2. The Morgan fingerprint density at radius 2 is 2.10 bits per heavy atom. The van der Waals surface area contributed by atoms with E-state index in [0.717, 1.165) is 23.3 Å². The molecule has 96 valence electrons. The van der Waals surface area contributed by atoms with E-state index in [2.05, 4.69) is 34.9 Å². The summed E-state index contributed by atoms with van der Waals surface area (Å²) in [6.45, 7) is 0. The molecule has 3 heteroatoms. The molecule has 0 amide bonds. The second kappa shape index (κ2) is 3.94. The van der Waals surface area contributed by atoms with Gasteiger partial charge in [-0.1, -0.05) is 24.3 Å². The molecule has 0 N–H and O–H groups in total. The summed E-state index contributed by atoms with van der Waals surface area (Å²) in [4.78, 5) is 4.76. The molecule has 0 fully saturated rings. The zero-order chi connectivity index (χ0) is 13.7. The highest BCUT2D eigenvalue weighted by Gasteiger charge is 2.30. The Morgan fingerprint density at radius 3 is 2.90 bits per heavy atom. The first-order valence-corrected chi connectivity index (χ1v) is 6.72. The number of nitrogens with zero attached hydrogens (tertiary/aromatic N) is 3. The van der Waals surface area contributed by atoms with Crippen molar-refractivity contribution in [1.82, 2.24) is 9.55 Å². The quantitative estimate of drug-likeness (QED) is 0.673. The van der Waals surface area contributed by atoms with Gasteiger partial charge < -0.3 is 4.57 Å². The topological polar surface area (TPSA) is 41.6 Å². The Hall–Kier alpha value is -2.60. The summed E-state index contributed by atoms with van der Waals surface area (Å²) in [7, 11) is 2.03. The van der Waals surface area contributed by atoms with Gasteiger partial charge in [-0.2, -0.15) is 5.26 Å². The van der Waals surface area contributed by atoms with Gasteiger partial charge in [0.2, 0.25) is 0 Å². The highest BCUT2D eigenvalue weighted by molar-refractivity contribution is 5.78. The Balaban J connectivity index is 1.87. The summed E-state index contributed by atoms with van der Waals surface area (Å²) < 4.78 is 2.12. The average molecular weight is 259 g/mol. The van der Waals surface area contributed by atoms with Crippen LogP contribution in [0.1, 0.15) is 28.4 Å². The molecule has 1 heterocycles. The van der Waals surface area contributed by atoms with Crippen molar-refractivity contribution in [1.29, 1.82) is 5.26 Å². The summed E-state index contributed by atoms with van der Waals surface area (Å²) in [6.07, 6.45) is 1.05. The minimum atomic E-state index is 0.383. The molecule has 0 spiro atoms. The third kappa shape index (κ3) is 1.42. The monoisotopic (exact) mass is 259 g/mol. The molecule has 3 nitrogen and oxygen atoms in total. The van der Waals surface area contributed by atoms with Crippen LogP contribution in [0.5, 0.6) is 0 Å². The number of benzene rings is 2. The minimum Gasteiger partial charge on any atom is -0.331 e. The molecule has 4 rings (SSSR count). The van der Waals surface area contributed by atoms with Crippen LogP contribution in [-0.2, 0) is 13.5 Å². The van der Waals surface area contributed by atoms with E-state index in [1.54, 1.807) is 0 Å². The molecule has 0 saturated heterocycles. The molecule has 1 aromatic heterocycles. The molecule has 1 unspecified atom stereocenters. The van der Waals surface area contributed by atoms with Crippen molar-refractivity contribution in [2.75, 3.05) is 0 Å². The molecule has 20 heavy (non-hydrogen) atoms. The minimum absolute atomic E-state index is 0.383. The van der Waals surface area contributed by atoms with Gasteiger partial charge in [0.05, 0.1) is 22.7 Å². The van der Waals surface area contributed by atoms with Crippen molar-refractivity contribution in [3.8, 4) is 6.07 Å². The second-order valence-corrected chi connectivity index (χ2v) is 5.30. The molecule has 1 aliphatic rings. The number of hydrogen-bond acceptors (Lipinski definition) is 2. The van der Waals surface area contributed by atoms with Gasteiger partial charge in [-0.25, -0.2) is 4.98 Å². The van der Waals surface area contributed by atoms with Crippen LogP contribution in [0.3, 0.4) is 0 Å². The third-order valence-electron chi connectivity index (χ3n) is 4.21. The molecule has 3 aromatic rings. The molecule has 2 aromatic carbocycles.